The van der Waals surface area contributed by atoms with Crippen LogP contribution in [0.25, 0.3) is 21.8 Å². The first-order valence-corrected chi connectivity index (χ1v) is 6.85. The maximum absolute atomic E-state index is 12.5. The van der Waals surface area contributed by atoms with Crippen LogP contribution in [0, 0.1) is 0 Å². The molecule has 7 nitrogen and oxygen atoms in total. The minimum atomic E-state index is -0.759. The molecular weight excluding hydrogens is 300 g/mol. The summed E-state index contributed by atoms with van der Waals surface area (Å²) in [5.74, 6) is -1.34. The van der Waals surface area contributed by atoms with E-state index in [0.717, 1.165) is 15.5 Å². The molecule has 0 saturated carbocycles. The van der Waals surface area contributed by atoms with Crippen LogP contribution >= 0.6 is 0 Å². The molecule has 0 aliphatic heterocycles. The van der Waals surface area contributed by atoms with Gasteiger partial charge in [0.15, 0.2) is 0 Å². The van der Waals surface area contributed by atoms with Gasteiger partial charge in [-0.15, -0.1) is 0 Å². The molecule has 0 unspecified atom stereocenters. The summed E-state index contributed by atoms with van der Waals surface area (Å²) in [7, 11) is 2.44. The molecule has 7 heteroatoms. The maximum atomic E-state index is 12.5. The van der Waals surface area contributed by atoms with Gasteiger partial charge >= 0.3 is 11.9 Å². The number of benzene rings is 1. The molecule has 0 spiro atoms. The lowest BCUT2D eigenvalue weighted by atomic mass is 10.1. The van der Waals surface area contributed by atoms with E-state index >= 15 is 0 Å². The number of aromatic amines is 1. The van der Waals surface area contributed by atoms with E-state index in [1.165, 1.54) is 14.2 Å². The highest BCUT2D eigenvalue weighted by Gasteiger charge is 2.21. The molecule has 0 amide bonds. The van der Waals surface area contributed by atoms with Crippen molar-refractivity contribution in [1.29, 1.82) is 0 Å². The van der Waals surface area contributed by atoms with Gasteiger partial charge in [-0.2, -0.15) is 0 Å². The second-order valence-corrected chi connectivity index (χ2v) is 4.96. The monoisotopic (exact) mass is 314 g/mol. The van der Waals surface area contributed by atoms with E-state index in [1.54, 1.807) is 6.20 Å². The molecule has 0 bridgehead atoms. The molecule has 0 aliphatic rings. The SMILES string of the molecule is COC(=O)Cn1cc2c([nH]c3ccccc32)c(C(=O)OC)c1=O. The molecule has 118 valence electrons. The summed E-state index contributed by atoms with van der Waals surface area (Å²) in [5.41, 5.74) is 0.429. The maximum Gasteiger partial charge on any atom is 0.345 e. The van der Waals surface area contributed by atoms with E-state index in [1.807, 2.05) is 24.3 Å². The second-order valence-electron chi connectivity index (χ2n) is 4.96. The van der Waals surface area contributed by atoms with Crippen LogP contribution in [0.4, 0.5) is 0 Å². The number of H-pyrrole nitrogens is 1. The molecule has 0 saturated heterocycles. The molecule has 3 rings (SSSR count). The predicted molar refractivity (Wildman–Crippen MR) is 83.4 cm³/mol. The second kappa shape index (κ2) is 5.60. The molecule has 0 aliphatic carbocycles. The third-order valence-electron chi connectivity index (χ3n) is 3.67. The number of hydrogen-bond donors (Lipinski definition) is 1. The molecule has 2 heterocycles. The third kappa shape index (κ3) is 2.36. The van der Waals surface area contributed by atoms with Gasteiger partial charge in [0, 0.05) is 22.5 Å². The zero-order chi connectivity index (χ0) is 16.6. The van der Waals surface area contributed by atoms with Crippen molar-refractivity contribution in [1.82, 2.24) is 9.55 Å². The minimum absolute atomic E-state index is 0.134. The van der Waals surface area contributed by atoms with Crippen LogP contribution in [0.3, 0.4) is 0 Å². The number of hydrogen-bond acceptors (Lipinski definition) is 5. The van der Waals surface area contributed by atoms with Gasteiger partial charge < -0.3 is 19.0 Å². The first kappa shape index (κ1) is 14.8. The van der Waals surface area contributed by atoms with Gasteiger partial charge in [-0.05, 0) is 6.07 Å². The van der Waals surface area contributed by atoms with Crippen molar-refractivity contribution in [3.05, 3.63) is 46.4 Å². The van der Waals surface area contributed by atoms with E-state index < -0.39 is 17.5 Å². The largest absolute Gasteiger partial charge is 0.468 e. The standard InChI is InChI=1S/C16H14N2O5/c1-22-12(19)8-18-7-10-9-5-3-4-6-11(9)17-14(10)13(15(18)20)16(21)23-2/h3-7,17H,8H2,1-2H3. The van der Waals surface area contributed by atoms with E-state index in [2.05, 4.69) is 9.72 Å². The fraction of sp³-hybridized carbons (Fsp3) is 0.188. The number of aromatic nitrogens is 2. The molecule has 23 heavy (non-hydrogen) atoms. The summed E-state index contributed by atoms with van der Waals surface area (Å²) in [6.45, 7) is -0.283. The first-order chi connectivity index (χ1) is 11.1. The fourth-order valence-corrected chi connectivity index (χ4v) is 2.57. The van der Waals surface area contributed by atoms with Gasteiger partial charge in [0.1, 0.15) is 12.1 Å². The highest BCUT2D eigenvalue weighted by Crippen LogP contribution is 2.26. The number of nitrogens with one attached hydrogen (secondary N) is 1. The number of carbonyl (C=O) groups is 2. The van der Waals surface area contributed by atoms with Crippen molar-refractivity contribution < 1.29 is 19.1 Å². The topological polar surface area (TPSA) is 90.4 Å². The fourth-order valence-electron chi connectivity index (χ4n) is 2.57. The van der Waals surface area contributed by atoms with Crippen LogP contribution < -0.4 is 5.56 Å². The zero-order valence-electron chi connectivity index (χ0n) is 12.6. The van der Waals surface area contributed by atoms with E-state index in [9.17, 15) is 14.4 Å². The Hall–Kier alpha value is -3.09. The average molecular weight is 314 g/mol. The molecule has 2 aromatic heterocycles. The average Bonchev–Trinajstić information content (AvgIpc) is 2.92. The van der Waals surface area contributed by atoms with Gasteiger partial charge in [-0.25, -0.2) is 4.79 Å². The number of fused-ring (bicyclic) bond motifs is 3. The van der Waals surface area contributed by atoms with Crippen LogP contribution in [0.15, 0.2) is 35.3 Å². The molecule has 0 atom stereocenters. The minimum Gasteiger partial charge on any atom is -0.468 e. The number of para-hydroxylation sites is 1. The van der Waals surface area contributed by atoms with Crippen molar-refractivity contribution >= 4 is 33.7 Å². The number of pyridine rings is 1. The lowest BCUT2D eigenvalue weighted by Gasteiger charge is -2.08. The van der Waals surface area contributed by atoms with Crippen LogP contribution in [-0.4, -0.2) is 35.7 Å². The summed E-state index contributed by atoms with van der Waals surface area (Å²) >= 11 is 0. The molecule has 1 aromatic carbocycles. The van der Waals surface area contributed by atoms with Crippen molar-refractivity contribution in [2.24, 2.45) is 0 Å². The summed E-state index contributed by atoms with van der Waals surface area (Å²) in [5, 5.41) is 1.50. The smallest absolute Gasteiger partial charge is 0.345 e. The summed E-state index contributed by atoms with van der Waals surface area (Å²) < 4.78 is 10.5. The molecule has 3 aromatic rings. The normalized spacial score (nSPS) is 10.9. The summed E-state index contributed by atoms with van der Waals surface area (Å²) in [6.07, 6.45) is 1.54. The Morgan fingerprint density at radius 3 is 2.57 bits per heavy atom. The Balaban J connectivity index is 2.40. The highest BCUT2D eigenvalue weighted by molar-refractivity contribution is 6.13. The van der Waals surface area contributed by atoms with Gasteiger partial charge in [-0.1, -0.05) is 18.2 Å². The first-order valence-electron chi connectivity index (χ1n) is 6.85. The van der Waals surface area contributed by atoms with Crippen molar-refractivity contribution in [3.8, 4) is 0 Å². The van der Waals surface area contributed by atoms with E-state index in [-0.39, 0.29) is 12.1 Å². The molecular formula is C16H14N2O5. The lowest BCUT2D eigenvalue weighted by molar-refractivity contribution is -0.141. The van der Waals surface area contributed by atoms with Crippen LogP contribution in [0.1, 0.15) is 10.4 Å². The predicted octanol–water partition coefficient (Wildman–Crippen LogP) is 1.44. The summed E-state index contributed by atoms with van der Waals surface area (Å²) in [4.78, 5) is 39.2. The molecule has 0 radical (unpaired) electrons. The van der Waals surface area contributed by atoms with Crippen molar-refractivity contribution in [2.75, 3.05) is 14.2 Å². The third-order valence-corrected chi connectivity index (χ3v) is 3.67. The Kier molecular flexibility index (Phi) is 3.61. The molecule has 1 N–H and O–H groups in total. The Morgan fingerprint density at radius 1 is 1.13 bits per heavy atom. The van der Waals surface area contributed by atoms with E-state index in [0.29, 0.717) is 10.9 Å². The lowest BCUT2D eigenvalue weighted by Crippen LogP contribution is -2.29. The number of methoxy groups -OCH3 is 2. The van der Waals surface area contributed by atoms with Crippen molar-refractivity contribution in [3.63, 3.8) is 0 Å². The Labute approximate surface area is 130 Å². The Morgan fingerprint density at radius 2 is 1.87 bits per heavy atom. The van der Waals surface area contributed by atoms with Crippen molar-refractivity contribution in [2.45, 2.75) is 6.54 Å². The zero-order valence-corrected chi connectivity index (χ0v) is 12.6. The van der Waals surface area contributed by atoms with E-state index in [4.69, 9.17) is 4.74 Å². The van der Waals surface area contributed by atoms with Gasteiger partial charge in [-0.3, -0.25) is 9.59 Å². The van der Waals surface area contributed by atoms with Gasteiger partial charge in [0.05, 0.1) is 19.7 Å². The van der Waals surface area contributed by atoms with Crippen LogP contribution in [0.2, 0.25) is 0 Å². The number of esters is 2. The summed E-state index contributed by atoms with van der Waals surface area (Å²) in [6, 6.07) is 7.40. The van der Waals surface area contributed by atoms with Gasteiger partial charge in [0.25, 0.3) is 5.56 Å². The number of carbonyl (C=O) groups excluding carboxylic acids is 2. The number of ether oxygens (including phenoxy) is 2. The van der Waals surface area contributed by atoms with Crippen LogP contribution in [0.5, 0.6) is 0 Å². The highest BCUT2D eigenvalue weighted by atomic mass is 16.5. The number of nitrogens with zero attached hydrogens (tertiary/aromatic N) is 1. The molecule has 0 fully saturated rings. The number of rotatable bonds is 3. The quantitative estimate of drug-likeness (QED) is 0.739. The van der Waals surface area contributed by atoms with Crippen LogP contribution in [-0.2, 0) is 20.8 Å². The Bertz CT molecular complexity index is 983. The van der Waals surface area contributed by atoms with Gasteiger partial charge in [0.2, 0.25) is 0 Å².